The van der Waals surface area contributed by atoms with Crippen molar-refractivity contribution in [1.82, 2.24) is 9.97 Å². The Bertz CT molecular complexity index is 893. The molecule has 0 atom stereocenters. The van der Waals surface area contributed by atoms with E-state index in [1.54, 1.807) is 0 Å². The number of benzene rings is 2. The molecule has 3 rings (SSSR count). The van der Waals surface area contributed by atoms with Gasteiger partial charge in [-0.3, -0.25) is 0 Å². The summed E-state index contributed by atoms with van der Waals surface area (Å²) in [5.74, 6) is 0.995. The predicted molar refractivity (Wildman–Crippen MR) is 105 cm³/mol. The van der Waals surface area contributed by atoms with E-state index in [9.17, 15) is 0 Å². The van der Waals surface area contributed by atoms with Crippen LogP contribution in [0.25, 0.3) is 11.3 Å². The largest absolute Gasteiger partial charge is 0.370 e. The summed E-state index contributed by atoms with van der Waals surface area (Å²) in [6, 6.07) is 16.0. The molecule has 1 heterocycles. The highest BCUT2D eigenvalue weighted by Crippen LogP contribution is 2.26. The Morgan fingerprint density at radius 3 is 2.64 bits per heavy atom. The third kappa shape index (κ3) is 4.28. The van der Waals surface area contributed by atoms with Crippen LogP contribution in [-0.4, -0.2) is 16.5 Å². The normalized spacial score (nSPS) is 10.7. The van der Waals surface area contributed by atoms with E-state index in [0.717, 1.165) is 35.1 Å². The molecule has 0 unspecified atom stereocenters. The standard InChI is InChI=1S/C20H21ClN4/c1-13-5-3-8-17(14(13)2)18-12-19(25-20(22)24-18)23-10-9-15-6-4-7-16(21)11-15/h3-8,11-12H,9-10H2,1-2H3,(H3,22,23,24,25). The lowest BCUT2D eigenvalue weighted by atomic mass is 10.0. The number of anilines is 2. The van der Waals surface area contributed by atoms with Crippen LogP contribution in [0.5, 0.6) is 0 Å². The van der Waals surface area contributed by atoms with Crippen LogP contribution in [0, 0.1) is 13.8 Å². The molecule has 0 saturated carbocycles. The van der Waals surface area contributed by atoms with Crippen LogP contribution in [0.15, 0.2) is 48.5 Å². The van der Waals surface area contributed by atoms with Crippen LogP contribution in [-0.2, 0) is 6.42 Å². The van der Waals surface area contributed by atoms with Gasteiger partial charge in [0, 0.05) is 23.2 Å². The number of aryl methyl sites for hydroxylation is 1. The van der Waals surface area contributed by atoms with Gasteiger partial charge < -0.3 is 11.1 Å². The van der Waals surface area contributed by atoms with Crippen LogP contribution >= 0.6 is 11.6 Å². The van der Waals surface area contributed by atoms with Crippen molar-refractivity contribution >= 4 is 23.4 Å². The zero-order valence-electron chi connectivity index (χ0n) is 14.4. The third-order valence-electron chi connectivity index (χ3n) is 4.23. The van der Waals surface area contributed by atoms with Gasteiger partial charge in [0.1, 0.15) is 5.82 Å². The van der Waals surface area contributed by atoms with E-state index in [0.29, 0.717) is 0 Å². The highest BCUT2D eigenvalue weighted by Gasteiger charge is 2.08. The first kappa shape index (κ1) is 17.2. The van der Waals surface area contributed by atoms with Crippen molar-refractivity contribution in [2.24, 2.45) is 0 Å². The Balaban J connectivity index is 1.76. The fourth-order valence-electron chi connectivity index (χ4n) is 2.75. The second kappa shape index (κ2) is 7.53. The van der Waals surface area contributed by atoms with Gasteiger partial charge in [-0.15, -0.1) is 0 Å². The van der Waals surface area contributed by atoms with Crippen molar-refractivity contribution in [3.05, 3.63) is 70.2 Å². The second-order valence-corrected chi connectivity index (χ2v) is 6.49. The third-order valence-corrected chi connectivity index (χ3v) is 4.47. The summed E-state index contributed by atoms with van der Waals surface area (Å²) in [6.07, 6.45) is 0.850. The van der Waals surface area contributed by atoms with Gasteiger partial charge in [-0.05, 0) is 49.1 Å². The Morgan fingerprint density at radius 2 is 1.84 bits per heavy atom. The number of hydrogen-bond acceptors (Lipinski definition) is 4. The molecule has 0 spiro atoms. The number of aromatic nitrogens is 2. The number of rotatable bonds is 5. The van der Waals surface area contributed by atoms with E-state index < -0.39 is 0 Å². The molecule has 2 aromatic carbocycles. The van der Waals surface area contributed by atoms with Crippen LogP contribution in [0.4, 0.5) is 11.8 Å². The van der Waals surface area contributed by atoms with Gasteiger partial charge in [0.25, 0.3) is 0 Å². The van der Waals surface area contributed by atoms with Gasteiger partial charge >= 0.3 is 0 Å². The number of halogens is 1. The molecule has 128 valence electrons. The maximum absolute atomic E-state index is 6.02. The van der Waals surface area contributed by atoms with Crippen LogP contribution < -0.4 is 11.1 Å². The fraction of sp³-hybridized carbons (Fsp3) is 0.200. The molecule has 0 saturated heterocycles. The lowest BCUT2D eigenvalue weighted by Crippen LogP contribution is -2.08. The summed E-state index contributed by atoms with van der Waals surface area (Å²) in [7, 11) is 0. The molecule has 3 aromatic rings. The molecule has 0 fully saturated rings. The van der Waals surface area contributed by atoms with Crippen molar-refractivity contribution in [3.63, 3.8) is 0 Å². The molecular formula is C20H21ClN4. The van der Waals surface area contributed by atoms with Crippen molar-refractivity contribution in [1.29, 1.82) is 0 Å². The highest BCUT2D eigenvalue weighted by molar-refractivity contribution is 6.30. The van der Waals surface area contributed by atoms with Crippen molar-refractivity contribution in [2.75, 3.05) is 17.6 Å². The van der Waals surface area contributed by atoms with E-state index in [1.165, 1.54) is 16.7 Å². The number of hydrogen-bond donors (Lipinski definition) is 2. The fourth-order valence-corrected chi connectivity index (χ4v) is 2.96. The number of nitrogens with zero attached hydrogens (tertiary/aromatic N) is 2. The zero-order chi connectivity index (χ0) is 17.8. The minimum atomic E-state index is 0.267. The van der Waals surface area contributed by atoms with E-state index >= 15 is 0 Å². The van der Waals surface area contributed by atoms with Gasteiger partial charge in [0.2, 0.25) is 5.95 Å². The average molecular weight is 353 g/mol. The summed E-state index contributed by atoms with van der Waals surface area (Å²) in [5.41, 5.74) is 11.4. The highest BCUT2D eigenvalue weighted by atomic mass is 35.5. The van der Waals surface area contributed by atoms with Crippen molar-refractivity contribution in [2.45, 2.75) is 20.3 Å². The number of nitrogens with one attached hydrogen (secondary N) is 1. The summed E-state index contributed by atoms with van der Waals surface area (Å²) in [6.45, 7) is 4.92. The van der Waals surface area contributed by atoms with Crippen molar-refractivity contribution in [3.8, 4) is 11.3 Å². The lowest BCUT2D eigenvalue weighted by molar-refractivity contribution is 1.00. The number of nitrogens with two attached hydrogens (primary N) is 1. The minimum absolute atomic E-state index is 0.267. The van der Waals surface area contributed by atoms with Gasteiger partial charge in [0.15, 0.2) is 0 Å². The molecule has 0 bridgehead atoms. The lowest BCUT2D eigenvalue weighted by Gasteiger charge is -2.11. The average Bonchev–Trinajstić information content (AvgIpc) is 2.57. The summed E-state index contributed by atoms with van der Waals surface area (Å²) in [5, 5.41) is 4.07. The topological polar surface area (TPSA) is 63.8 Å². The molecule has 3 N–H and O–H groups in total. The molecule has 0 aliphatic rings. The zero-order valence-corrected chi connectivity index (χ0v) is 15.1. The van der Waals surface area contributed by atoms with Gasteiger partial charge in [-0.25, -0.2) is 4.98 Å². The first-order chi connectivity index (χ1) is 12.0. The summed E-state index contributed by atoms with van der Waals surface area (Å²) < 4.78 is 0. The molecule has 0 amide bonds. The molecule has 5 heteroatoms. The Morgan fingerprint density at radius 1 is 1.04 bits per heavy atom. The van der Waals surface area contributed by atoms with Gasteiger partial charge in [-0.1, -0.05) is 41.9 Å². The van der Waals surface area contributed by atoms with E-state index in [-0.39, 0.29) is 5.95 Å². The minimum Gasteiger partial charge on any atom is -0.370 e. The summed E-state index contributed by atoms with van der Waals surface area (Å²) in [4.78, 5) is 8.68. The van der Waals surface area contributed by atoms with Crippen molar-refractivity contribution < 1.29 is 0 Å². The first-order valence-corrected chi connectivity index (χ1v) is 8.60. The molecule has 0 aliphatic heterocycles. The quantitative estimate of drug-likeness (QED) is 0.701. The number of nitrogen functional groups attached to an aromatic ring is 1. The van der Waals surface area contributed by atoms with Gasteiger partial charge in [0.05, 0.1) is 5.69 Å². The molecule has 25 heavy (non-hydrogen) atoms. The van der Waals surface area contributed by atoms with E-state index in [2.05, 4.69) is 47.3 Å². The summed E-state index contributed by atoms with van der Waals surface area (Å²) >= 11 is 6.02. The Labute approximate surface area is 153 Å². The maximum atomic E-state index is 6.02. The van der Waals surface area contributed by atoms with Crippen LogP contribution in [0.2, 0.25) is 5.02 Å². The monoisotopic (exact) mass is 352 g/mol. The molecule has 0 radical (unpaired) electrons. The second-order valence-electron chi connectivity index (χ2n) is 6.05. The Hall–Kier alpha value is -2.59. The van der Waals surface area contributed by atoms with E-state index in [1.807, 2.05) is 30.3 Å². The molecule has 4 nitrogen and oxygen atoms in total. The Kier molecular flexibility index (Phi) is 5.19. The van der Waals surface area contributed by atoms with E-state index in [4.69, 9.17) is 17.3 Å². The molecular weight excluding hydrogens is 332 g/mol. The van der Waals surface area contributed by atoms with Crippen LogP contribution in [0.3, 0.4) is 0 Å². The molecule has 0 aliphatic carbocycles. The SMILES string of the molecule is Cc1cccc(-c2cc(NCCc3cccc(Cl)c3)nc(N)n2)c1C. The van der Waals surface area contributed by atoms with Gasteiger partial charge in [-0.2, -0.15) is 4.98 Å². The maximum Gasteiger partial charge on any atom is 0.222 e. The predicted octanol–water partition coefficient (Wildman–Crippen LogP) is 4.65. The first-order valence-electron chi connectivity index (χ1n) is 8.22. The van der Waals surface area contributed by atoms with Crippen LogP contribution in [0.1, 0.15) is 16.7 Å². The molecule has 1 aromatic heterocycles. The smallest absolute Gasteiger partial charge is 0.222 e.